The monoisotopic (exact) mass is 703 g/mol. The van der Waals surface area contributed by atoms with E-state index in [9.17, 15) is 18.0 Å². The summed E-state index contributed by atoms with van der Waals surface area (Å²) in [5, 5.41) is 2.13. The predicted molar refractivity (Wildman–Crippen MR) is 194 cm³/mol. The maximum atomic E-state index is 13.8. The Labute approximate surface area is 295 Å². The van der Waals surface area contributed by atoms with Crippen molar-refractivity contribution in [2.75, 3.05) is 6.54 Å². The lowest BCUT2D eigenvalue weighted by Crippen LogP contribution is -2.68. The van der Waals surface area contributed by atoms with Crippen molar-refractivity contribution in [2.45, 2.75) is 95.9 Å². The molecule has 4 aromatic rings. The number of alkyl halides is 3. The molecule has 1 heterocycles. The van der Waals surface area contributed by atoms with Crippen molar-refractivity contribution in [3.05, 3.63) is 126 Å². The van der Waals surface area contributed by atoms with Crippen molar-refractivity contribution in [3.8, 4) is 5.75 Å². The summed E-state index contributed by atoms with van der Waals surface area (Å²) in [6.07, 6.45) is -4.08. The second-order valence-electron chi connectivity index (χ2n) is 15.0. The smallest absolute Gasteiger partial charge is 0.416 e. The summed E-state index contributed by atoms with van der Waals surface area (Å²) < 4.78 is 59.9. The molecule has 0 bridgehead atoms. The van der Waals surface area contributed by atoms with E-state index in [1.165, 1.54) is 22.5 Å². The summed E-state index contributed by atoms with van der Waals surface area (Å²) in [4.78, 5) is 15.5. The summed E-state index contributed by atoms with van der Waals surface area (Å²) in [5.74, 6) is 0.312. The van der Waals surface area contributed by atoms with Gasteiger partial charge >= 0.3 is 12.3 Å². The van der Waals surface area contributed by atoms with Crippen molar-refractivity contribution >= 4 is 24.8 Å². The first-order valence-corrected chi connectivity index (χ1v) is 19.1. The Morgan fingerprint density at radius 1 is 0.780 bits per heavy atom. The van der Waals surface area contributed by atoms with Crippen LogP contribution in [0.25, 0.3) is 0 Å². The van der Waals surface area contributed by atoms with Gasteiger partial charge in [-0.05, 0) is 78.9 Å². The number of carbonyl (C=O) groups is 1. The quantitative estimate of drug-likeness (QED) is 0.163. The number of benzene rings is 4. The average molecular weight is 704 g/mol. The van der Waals surface area contributed by atoms with E-state index in [2.05, 4.69) is 69.3 Å². The molecule has 1 amide bonds. The van der Waals surface area contributed by atoms with E-state index >= 15 is 0 Å². The van der Waals surface area contributed by atoms with E-state index in [1.54, 1.807) is 4.90 Å². The minimum atomic E-state index is -4.45. The van der Waals surface area contributed by atoms with Gasteiger partial charge in [0.2, 0.25) is 0 Å². The molecule has 0 spiro atoms. The molecule has 1 aliphatic rings. The fraction of sp³-hybridized carbons (Fsp3) is 0.390. The number of carbonyl (C=O) groups excluding carboxylic acids is 1. The van der Waals surface area contributed by atoms with E-state index in [-0.39, 0.29) is 17.2 Å². The number of amides is 1. The van der Waals surface area contributed by atoms with Crippen LogP contribution in [0.4, 0.5) is 18.0 Å². The summed E-state index contributed by atoms with van der Waals surface area (Å²) in [7, 11) is -2.90. The molecule has 4 aromatic carbocycles. The zero-order valence-electron chi connectivity index (χ0n) is 29.7. The van der Waals surface area contributed by atoms with Gasteiger partial charge in [-0.1, -0.05) is 112 Å². The third-order valence-electron chi connectivity index (χ3n) is 9.17. The maximum Gasteiger partial charge on any atom is 0.416 e. The van der Waals surface area contributed by atoms with Crippen LogP contribution >= 0.6 is 0 Å². The Hall–Kier alpha value is -4.08. The molecule has 0 N–H and O–H groups in total. The van der Waals surface area contributed by atoms with Crippen LogP contribution in [0.2, 0.25) is 5.04 Å². The van der Waals surface area contributed by atoms with E-state index in [4.69, 9.17) is 13.9 Å². The molecule has 1 fully saturated rings. The summed E-state index contributed by atoms with van der Waals surface area (Å²) in [6.45, 7) is 12.7. The van der Waals surface area contributed by atoms with Gasteiger partial charge in [0, 0.05) is 25.1 Å². The molecule has 0 aromatic heterocycles. The molecule has 9 heteroatoms. The standard InChI is InChI=1S/C41H48F3NO4Si/c1-39(2,3)48-38(46)45-27-26-34(49-50(40(4,5)6,35-18-12-8-13-19-35)36-20-14-9-15-21-36)28-32(45)29-37(30-16-10-7-11-17-30)47-33-24-22-31(23-25-33)41(42,43)44/h7-25,32,34,37H,26-29H2,1-6H3/t32-,34+,37-/m0/s1. The van der Waals surface area contributed by atoms with Gasteiger partial charge in [-0.3, -0.25) is 0 Å². The van der Waals surface area contributed by atoms with E-state index in [0.717, 1.165) is 17.7 Å². The minimum absolute atomic E-state index is 0.188. The molecular weight excluding hydrogens is 656 g/mol. The Kier molecular flexibility index (Phi) is 11.2. The fourth-order valence-corrected chi connectivity index (χ4v) is 11.6. The second kappa shape index (κ2) is 15.0. The SMILES string of the molecule is CC(C)(C)OC(=O)N1CC[C@@H](O[Si](c2ccccc2)(c2ccccc2)C(C)(C)C)C[C@H]1C[C@H](Oc1ccc(C(F)(F)F)cc1)c1ccccc1. The van der Waals surface area contributed by atoms with Crippen LogP contribution in [-0.2, 0) is 15.3 Å². The first-order valence-electron chi connectivity index (χ1n) is 17.2. The highest BCUT2D eigenvalue weighted by Gasteiger charge is 2.52. The number of rotatable bonds is 9. The van der Waals surface area contributed by atoms with Gasteiger partial charge in [0.15, 0.2) is 0 Å². The summed E-state index contributed by atoms with van der Waals surface area (Å²) >= 11 is 0. The highest BCUT2D eigenvalue weighted by molar-refractivity contribution is 6.99. The van der Waals surface area contributed by atoms with Gasteiger partial charge in [0.05, 0.1) is 5.56 Å². The first kappa shape index (κ1) is 37.2. The number of nitrogens with zero attached hydrogens (tertiary/aromatic N) is 1. The van der Waals surface area contributed by atoms with E-state index in [0.29, 0.717) is 31.6 Å². The number of hydrogen-bond donors (Lipinski definition) is 0. The van der Waals surface area contributed by atoms with Gasteiger partial charge < -0.3 is 18.8 Å². The molecule has 0 saturated carbocycles. The lowest BCUT2D eigenvalue weighted by atomic mass is 9.92. The third kappa shape index (κ3) is 8.79. The Balaban J connectivity index is 1.52. The zero-order chi connectivity index (χ0) is 36.2. The van der Waals surface area contributed by atoms with Crippen LogP contribution in [0, 0.1) is 0 Å². The number of halogens is 3. The van der Waals surface area contributed by atoms with Gasteiger partial charge in [-0.15, -0.1) is 0 Å². The number of hydrogen-bond acceptors (Lipinski definition) is 4. The van der Waals surface area contributed by atoms with Crippen LogP contribution in [0.15, 0.2) is 115 Å². The van der Waals surface area contributed by atoms with E-state index in [1.807, 2.05) is 63.2 Å². The largest absolute Gasteiger partial charge is 0.486 e. The van der Waals surface area contributed by atoms with Crippen molar-refractivity contribution in [1.82, 2.24) is 4.90 Å². The van der Waals surface area contributed by atoms with Crippen molar-refractivity contribution < 1.29 is 31.9 Å². The van der Waals surface area contributed by atoms with Crippen molar-refractivity contribution in [2.24, 2.45) is 0 Å². The molecule has 1 aliphatic heterocycles. The first-order chi connectivity index (χ1) is 23.6. The molecule has 1 saturated heterocycles. The molecule has 0 aliphatic carbocycles. The Morgan fingerprint density at radius 2 is 1.30 bits per heavy atom. The van der Waals surface area contributed by atoms with E-state index < -0.39 is 37.9 Å². The molecule has 3 atom stereocenters. The number of likely N-dealkylation sites (tertiary alicyclic amines) is 1. The second-order valence-corrected chi connectivity index (χ2v) is 19.3. The lowest BCUT2D eigenvalue weighted by molar-refractivity contribution is -0.137. The molecule has 266 valence electrons. The molecule has 0 unspecified atom stereocenters. The zero-order valence-corrected chi connectivity index (χ0v) is 30.7. The van der Waals surface area contributed by atoms with Crippen molar-refractivity contribution in [3.63, 3.8) is 0 Å². The molecule has 0 radical (unpaired) electrons. The normalized spacial score (nSPS) is 18.0. The number of ether oxygens (including phenoxy) is 2. The predicted octanol–water partition coefficient (Wildman–Crippen LogP) is 9.56. The topological polar surface area (TPSA) is 48.0 Å². The third-order valence-corrected chi connectivity index (χ3v) is 14.3. The van der Waals surface area contributed by atoms with Gasteiger partial charge in [0.1, 0.15) is 17.5 Å². The van der Waals surface area contributed by atoms with Crippen LogP contribution in [-0.4, -0.2) is 43.6 Å². The average Bonchev–Trinajstić information content (AvgIpc) is 3.06. The van der Waals surface area contributed by atoms with Crippen LogP contribution in [0.3, 0.4) is 0 Å². The summed E-state index contributed by atoms with van der Waals surface area (Å²) in [5.41, 5.74) is -0.584. The fourth-order valence-electron chi connectivity index (χ4n) is 6.90. The van der Waals surface area contributed by atoms with Crippen molar-refractivity contribution in [1.29, 1.82) is 0 Å². The van der Waals surface area contributed by atoms with Gasteiger partial charge in [0.25, 0.3) is 8.32 Å². The lowest BCUT2D eigenvalue weighted by Gasteiger charge is -2.48. The summed E-state index contributed by atoms with van der Waals surface area (Å²) in [6, 6.07) is 34.9. The molecule has 5 nitrogen and oxygen atoms in total. The van der Waals surface area contributed by atoms with Crippen LogP contribution in [0.1, 0.15) is 78.0 Å². The highest BCUT2D eigenvalue weighted by atomic mass is 28.4. The molecular formula is C41H48F3NO4Si. The van der Waals surface area contributed by atoms with Gasteiger partial charge in [-0.2, -0.15) is 13.2 Å². The Morgan fingerprint density at radius 3 is 1.78 bits per heavy atom. The Bertz CT molecular complexity index is 1630. The minimum Gasteiger partial charge on any atom is -0.486 e. The number of piperidine rings is 1. The van der Waals surface area contributed by atoms with Crippen LogP contribution < -0.4 is 15.1 Å². The maximum absolute atomic E-state index is 13.8. The van der Waals surface area contributed by atoms with Gasteiger partial charge in [-0.25, -0.2) is 4.79 Å². The molecule has 50 heavy (non-hydrogen) atoms. The molecule has 5 rings (SSSR count). The highest BCUT2D eigenvalue weighted by Crippen LogP contribution is 2.41. The van der Waals surface area contributed by atoms with Crippen LogP contribution in [0.5, 0.6) is 5.75 Å².